The molecule has 3 heteroatoms. The third-order valence-corrected chi connectivity index (χ3v) is 2.71. The maximum absolute atomic E-state index is 8.66. The highest BCUT2D eigenvalue weighted by molar-refractivity contribution is 5.47. The molecule has 0 radical (unpaired) electrons. The molecule has 3 rings (SSSR count). The number of nitrogens with zero attached hydrogens (tertiary/aromatic N) is 1. The summed E-state index contributed by atoms with van der Waals surface area (Å²) in [7, 11) is 0. The van der Waals surface area contributed by atoms with Gasteiger partial charge in [0.1, 0.15) is 17.8 Å². The topological polar surface area (TPSA) is 48.9 Å². The highest BCUT2D eigenvalue weighted by Gasteiger charge is 2.72. The SMILES string of the molecule is CC1OC12C=C(C#N)C1OC12. The van der Waals surface area contributed by atoms with Gasteiger partial charge in [-0.25, -0.2) is 0 Å². The minimum atomic E-state index is -0.199. The summed E-state index contributed by atoms with van der Waals surface area (Å²) in [5.41, 5.74) is 0.551. The summed E-state index contributed by atoms with van der Waals surface area (Å²) in [6.07, 6.45) is 2.39. The Morgan fingerprint density at radius 2 is 2.45 bits per heavy atom. The Hall–Kier alpha value is -0.850. The first-order valence-electron chi connectivity index (χ1n) is 3.74. The fraction of sp³-hybridized carbons (Fsp3) is 0.625. The van der Waals surface area contributed by atoms with Crippen LogP contribution in [-0.2, 0) is 9.47 Å². The van der Waals surface area contributed by atoms with E-state index in [1.54, 1.807) is 0 Å². The number of hydrogen-bond donors (Lipinski definition) is 0. The lowest BCUT2D eigenvalue weighted by atomic mass is 10.1. The van der Waals surface area contributed by atoms with Gasteiger partial charge in [0, 0.05) is 0 Å². The minimum absolute atomic E-state index is 0.0601. The lowest BCUT2D eigenvalue weighted by Crippen LogP contribution is -2.16. The van der Waals surface area contributed by atoms with Gasteiger partial charge in [-0.05, 0) is 13.0 Å². The van der Waals surface area contributed by atoms with E-state index in [9.17, 15) is 0 Å². The van der Waals surface area contributed by atoms with E-state index in [-0.39, 0.29) is 23.9 Å². The highest BCUT2D eigenvalue weighted by atomic mass is 16.7. The van der Waals surface area contributed by atoms with E-state index >= 15 is 0 Å². The Bertz CT molecular complexity index is 304. The third-order valence-electron chi connectivity index (χ3n) is 2.71. The van der Waals surface area contributed by atoms with Gasteiger partial charge in [0.25, 0.3) is 0 Å². The van der Waals surface area contributed by atoms with Gasteiger partial charge in [0.2, 0.25) is 0 Å². The molecule has 1 spiro atoms. The molecule has 0 saturated carbocycles. The molecule has 2 aliphatic heterocycles. The Morgan fingerprint density at radius 3 is 2.82 bits per heavy atom. The Labute approximate surface area is 64.2 Å². The average molecular weight is 149 g/mol. The molecule has 3 nitrogen and oxygen atoms in total. The normalized spacial score (nSPS) is 56.7. The molecule has 0 aromatic carbocycles. The van der Waals surface area contributed by atoms with E-state index < -0.39 is 0 Å². The van der Waals surface area contributed by atoms with Crippen molar-refractivity contribution >= 4 is 0 Å². The smallest absolute Gasteiger partial charge is 0.143 e. The van der Waals surface area contributed by atoms with Gasteiger partial charge >= 0.3 is 0 Å². The number of ether oxygens (including phenoxy) is 2. The van der Waals surface area contributed by atoms with Crippen LogP contribution in [0.5, 0.6) is 0 Å². The number of nitriles is 1. The van der Waals surface area contributed by atoms with Crippen LogP contribution in [-0.4, -0.2) is 23.9 Å². The summed E-state index contributed by atoms with van der Waals surface area (Å²) < 4.78 is 10.7. The maximum Gasteiger partial charge on any atom is 0.143 e. The van der Waals surface area contributed by atoms with Crippen LogP contribution >= 0.6 is 0 Å². The van der Waals surface area contributed by atoms with E-state index in [1.165, 1.54) is 0 Å². The monoisotopic (exact) mass is 149 g/mol. The van der Waals surface area contributed by atoms with Crippen LogP contribution in [0.4, 0.5) is 0 Å². The van der Waals surface area contributed by atoms with Crippen LogP contribution in [0.25, 0.3) is 0 Å². The van der Waals surface area contributed by atoms with Gasteiger partial charge in [0.15, 0.2) is 0 Å². The second kappa shape index (κ2) is 1.36. The summed E-state index contributed by atoms with van der Waals surface area (Å²) in [6, 6.07) is 2.13. The molecule has 56 valence electrons. The standard InChI is InChI=1S/C8H7NO2/c1-4-8(11-4)2-5(3-9)6-7(8)10-6/h2,4,6-7H,1H3. The molecular formula is C8H7NO2. The van der Waals surface area contributed by atoms with Crippen molar-refractivity contribution < 1.29 is 9.47 Å². The highest BCUT2D eigenvalue weighted by Crippen LogP contribution is 2.57. The molecule has 11 heavy (non-hydrogen) atoms. The molecule has 2 saturated heterocycles. The van der Waals surface area contributed by atoms with Crippen molar-refractivity contribution in [1.82, 2.24) is 0 Å². The van der Waals surface area contributed by atoms with Gasteiger partial charge in [-0.15, -0.1) is 0 Å². The molecule has 0 amide bonds. The van der Waals surface area contributed by atoms with Crippen LogP contribution in [0, 0.1) is 11.3 Å². The first kappa shape index (κ1) is 5.76. The second-order valence-corrected chi connectivity index (χ2v) is 3.30. The van der Waals surface area contributed by atoms with Crippen molar-refractivity contribution in [3.63, 3.8) is 0 Å². The molecule has 0 N–H and O–H groups in total. The number of epoxide rings is 2. The van der Waals surface area contributed by atoms with Gasteiger partial charge in [0.05, 0.1) is 17.7 Å². The fourth-order valence-electron chi connectivity index (χ4n) is 1.92. The van der Waals surface area contributed by atoms with Crippen molar-refractivity contribution in [2.24, 2.45) is 0 Å². The summed E-state index contributed by atoms with van der Waals surface area (Å²) >= 11 is 0. The Kier molecular flexibility index (Phi) is 0.711. The molecule has 2 heterocycles. The quantitative estimate of drug-likeness (QED) is 0.467. The van der Waals surface area contributed by atoms with Crippen molar-refractivity contribution in [2.45, 2.75) is 30.8 Å². The molecule has 2 fully saturated rings. The lowest BCUT2D eigenvalue weighted by molar-refractivity contribution is 0.263. The fourth-order valence-corrected chi connectivity index (χ4v) is 1.92. The van der Waals surface area contributed by atoms with Crippen molar-refractivity contribution in [3.05, 3.63) is 11.6 Å². The van der Waals surface area contributed by atoms with Gasteiger partial charge in [-0.2, -0.15) is 5.26 Å². The predicted octanol–water partition coefficient (Wildman–Crippen LogP) is 0.375. The largest absolute Gasteiger partial charge is 0.360 e. The van der Waals surface area contributed by atoms with Crippen molar-refractivity contribution in [1.29, 1.82) is 5.26 Å². The Morgan fingerprint density at radius 1 is 1.73 bits per heavy atom. The van der Waals surface area contributed by atoms with Gasteiger partial charge in [-0.1, -0.05) is 0 Å². The van der Waals surface area contributed by atoms with E-state index in [4.69, 9.17) is 14.7 Å². The van der Waals surface area contributed by atoms with Crippen molar-refractivity contribution in [2.75, 3.05) is 0 Å². The summed E-state index contributed by atoms with van der Waals surface area (Å²) in [5.74, 6) is 0. The summed E-state index contributed by atoms with van der Waals surface area (Å²) in [5, 5.41) is 8.66. The first-order chi connectivity index (χ1) is 5.28. The zero-order chi connectivity index (χ0) is 7.64. The molecule has 4 unspecified atom stereocenters. The number of fused-ring (bicyclic) bond motifs is 2. The minimum Gasteiger partial charge on any atom is -0.360 e. The number of hydrogen-bond acceptors (Lipinski definition) is 3. The van der Waals surface area contributed by atoms with Crippen LogP contribution in [0.1, 0.15) is 6.92 Å². The number of rotatable bonds is 0. The molecule has 0 bridgehead atoms. The third kappa shape index (κ3) is 0.482. The molecule has 0 aromatic heterocycles. The zero-order valence-corrected chi connectivity index (χ0v) is 6.07. The van der Waals surface area contributed by atoms with Crippen LogP contribution in [0.15, 0.2) is 11.6 Å². The molecule has 3 aliphatic rings. The van der Waals surface area contributed by atoms with E-state index in [0.717, 1.165) is 5.57 Å². The van der Waals surface area contributed by atoms with E-state index in [0.29, 0.717) is 0 Å². The van der Waals surface area contributed by atoms with E-state index in [2.05, 4.69) is 6.07 Å². The lowest BCUT2D eigenvalue weighted by Gasteiger charge is -1.96. The Balaban J connectivity index is 2.03. The zero-order valence-electron chi connectivity index (χ0n) is 6.07. The summed E-state index contributed by atoms with van der Waals surface area (Å²) in [4.78, 5) is 0. The van der Waals surface area contributed by atoms with Crippen LogP contribution < -0.4 is 0 Å². The van der Waals surface area contributed by atoms with Gasteiger partial charge in [-0.3, -0.25) is 0 Å². The summed E-state index contributed by atoms with van der Waals surface area (Å²) in [6.45, 7) is 2.01. The van der Waals surface area contributed by atoms with Gasteiger partial charge < -0.3 is 9.47 Å². The molecular weight excluding hydrogens is 142 g/mol. The second-order valence-electron chi connectivity index (χ2n) is 3.30. The van der Waals surface area contributed by atoms with Crippen LogP contribution in [0.2, 0.25) is 0 Å². The maximum atomic E-state index is 8.66. The van der Waals surface area contributed by atoms with E-state index in [1.807, 2.05) is 13.0 Å². The molecule has 1 aliphatic carbocycles. The molecule has 0 aromatic rings. The molecule has 4 atom stereocenters. The average Bonchev–Trinajstić information content (AvgIpc) is 2.82. The first-order valence-corrected chi connectivity index (χ1v) is 3.74. The van der Waals surface area contributed by atoms with Crippen LogP contribution in [0.3, 0.4) is 0 Å². The predicted molar refractivity (Wildman–Crippen MR) is 35.6 cm³/mol. The van der Waals surface area contributed by atoms with Crippen molar-refractivity contribution in [3.8, 4) is 6.07 Å².